The van der Waals surface area contributed by atoms with E-state index in [1.54, 1.807) is 24.3 Å². The SMILES string of the molecule is CCOc1cc(OC(C)C)c(F)c(C(Nc2ccc(C(=N)N)cc2)c2cccc(N3CCCCC3)n2)c1. The molecule has 0 amide bonds. The first-order valence-corrected chi connectivity index (χ1v) is 12.9. The van der Waals surface area contributed by atoms with Crippen LogP contribution >= 0.6 is 0 Å². The standard InChI is InChI=1S/C29H36FN5O2/c1-4-36-22-17-23(27(30)25(18-22)37-19(2)3)28(33-21-13-11-20(12-14-21)29(31)32)24-9-8-10-26(34-24)35-15-6-5-7-16-35/h8-14,17-19,28,33H,4-7,15-16H2,1-3H3,(H3,31,32). The molecule has 2 aromatic carbocycles. The van der Waals surface area contributed by atoms with Gasteiger partial charge in [-0.05, 0) is 82.5 Å². The fourth-order valence-electron chi connectivity index (χ4n) is 4.52. The number of benzene rings is 2. The van der Waals surface area contributed by atoms with Crippen molar-refractivity contribution in [1.82, 2.24) is 4.98 Å². The molecule has 196 valence electrons. The van der Waals surface area contributed by atoms with Gasteiger partial charge < -0.3 is 25.4 Å². The quantitative estimate of drug-likeness (QED) is 0.235. The Kier molecular flexibility index (Phi) is 8.48. The first kappa shape index (κ1) is 26.3. The number of nitrogen functional groups attached to an aromatic ring is 1. The fraction of sp³-hybridized carbons (Fsp3) is 0.379. The Morgan fingerprint density at radius 3 is 2.49 bits per heavy atom. The smallest absolute Gasteiger partial charge is 0.171 e. The third-order valence-corrected chi connectivity index (χ3v) is 6.26. The highest BCUT2D eigenvalue weighted by atomic mass is 19.1. The van der Waals surface area contributed by atoms with E-state index in [9.17, 15) is 0 Å². The molecule has 1 aliphatic heterocycles. The lowest BCUT2D eigenvalue weighted by atomic mass is 10.00. The Bertz CT molecular complexity index is 1210. The van der Waals surface area contributed by atoms with Gasteiger partial charge >= 0.3 is 0 Å². The van der Waals surface area contributed by atoms with Gasteiger partial charge in [-0.1, -0.05) is 6.07 Å². The van der Waals surface area contributed by atoms with Crippen LogP contribution in [0.25, 0.3) is 0 Å². The van der Waals surface area contributed by atoms with E-state index < -0.39 is 11.9 Å². The summed E-state index contributed by atoms with van der Waals surface area (Å²) in [5.74, 6) is 1.09. The molecule has 4 N–H and O–H groups in total. The van der Waals surface area contributed by atoms with Crippen molar-refractivity contribution < 1.29 is 13.9 Å². The number of nitrogens with one attached hydrogen (secondary N) is 2. The van der Waals surface area contributed by atoms with Crippen molar-refractivity contribution in [2.24, 2.45) is 5.73 Å². The molecular formula is C29H36FN5O2. The van der Waals surface area contributed by atoms with E-state index in [-0.39, 0.29) is 17.7 Å². The molecule has 0 bridgehead atoms. The van der Waals surface area contributed by atoms with Gasteiger partial charge in [0, 0.05) is 36.0 Å². The minimum Gasteiger partial charge on any atom is -0.494 e. The minimum atomic E-state index is -0.622. The Hall–Kier alpha value is -3.81. The number of anilines is 2. The molecule has 1 aliphatic rings. The van der Waals surface area contributed by atoms with Crippen LogP contribution < -0.4 is 25.4 Å². The summed E-state index contributed by atoms with van der Waals surface area (Å²) < 4.78 is 27.6. The van der Waals surface area contributed by atoms with E-state index in [4.69, 9.17) is 25.6 Å². The topological polar surface area (TPSA) is 96.5 Å². The van der Waals surface area contributed by atoms with Crippen LogP contribution in [0, 0.1) is 11.2 Å². The average molecular weight is 506 g/mol. The third-order valence-electron chi connectivity index (χ3n) is 6.26. The number of ether oxygens (including phenoxy) is 2. The molecule has 1 saturated heterocycles. The zero-order valence-corrected chi connectivity index (χ0v) is 21.8. The van der Waals surface area contributed by atoms with Crippen molar-refractivity contribution in [2.45, 2.75) is 52.2 Å². The zero-order chi connectivity index (χ0) is 26.4. The van der Waals surface area contributed by atoms with Crippen LogP contribution in [0.3, 0.4) is 0 Å². The summed E-state index contributed by atoms with van der Waals surface area (Å²) in [6, 6.07) is 15.7. The molecule has 0 radical (unpaired) electrons. The monoisotopic (exact) mass is 505 g/mol. The number of aromatic nitrogens is 1. The highest BCUT2D eigenvalue weighted by Crippen LogP contribution is 2.36. The number of nitrogens with two attached hydrogens (primary N) is 1. The van der Waals surface area contributed by atoms with Gasteiger partial charge in [0.1, 0.15) is 17.4 Å². The second-order valence-electron chi connectivity index (χ2n) is 9.46. The van der Waals surface area contributed by atoms with Gasteiger partial charge in [0.2, 0.25) is 0 Å². The molecule has 1 unspecified atom stereocenters. The Balaban J connectivity index is 1.80. The van der Waals surface area contributed by atoms with Crippen molar-refractivity contribution in [2.75, 3.05) is 29.9 Å². The third kappa shape index (κ3) is 6.50. The van der Waals surface area contributed by atoms with E-state index in [0.717, 1.165) is 37.4 Å². The van der Waals surface area contributed by atoms with Crippen LogP contribution in [-0.2, 0) is 0 Å². The van der Waals surface area contributed by atoms with Crippen LogP contribution in [0.2, 0.25) is 0 Å². The predicted octanol–water partition coefficient (Wildman–Crippen LogP) is 5.88. The van der Waals surface area contributed by atoms with Gasteiger partial charge in [-0.25, -0.2) is 9.37 Å². The summed E-state index contributed by atoms with van der Waals surface area (Å²) >= 11 is 0. The first-order valence-electron chi connectivity index (χ1n) is 12.9. The van der Waals surface area contributed by atoms with E-state index in [0.29, 0.717) is 29.2 Å². The van der Waals surface area contributed by atoms with Crippen molar-refractivity contribution in [3.8, 4) is 11.5 Å². The molecule has 0 saturated carbocycles. The second kappa shape index (κ2) is 12.0. The number of amidine groups is 1. The highest BCUT2D eigenvalue weighted by molar-refractivity contribution is 5.95. The van der Waals surface area contributed by atoms with Crippen LogP contribution in [0.4, 0.5) is 15.9 Å². The normalized spacial score (nSPS) is 14.4. The summed E-state index contributed by atoms with van der Waals surface area (Å²) in [4.78, 5) is 7.27. The molecule has 0 aliphatic carbocycles. The van der Waals surface area contributed by atoms with Gasteiger partial charge in [0.05, 0.1) is 24.4 Å². The lowest BCUT2D eigenvalue weighted by molar-refractivity contribution is 0.228. The Morgan fingerprint density at radius 2 is 1.84 bits per heavy atom. The molecule has 37 heavy (non-hydrogen) atoms. The number of halogens is 1. The average Bonchev–Trinajstić information content (AvgIpc) is 2.90. The van der Waals surface area contributed by atoms with E-state index in [2.05, 4.69) is 10.2 Å². The number of pyridine rings is 1. The lowest BCUT2D eigenvalue weighted by Gasteiger charge is -2.29. The minimum absolute atomic E-state index is 0.00932. The Morgan fingerprint density at radius 1 is 1.11 bits per heavy atom. The van der Waals surface area contributed by atoms with Crippen LogP contribution in [0.15, 0.2) is 54.6 Å². The van der Waals surface area contributed by atoms with Crippen molar-refractivity contribution in [1.29, 1.82) is 5.41 Å². The summed E-state index contributed by atoms with van der Waals surface area (Å²) in [6.07, 6.45) is 3.30. The molecule has 7 nitrogen and oxygen atoms in total. The summed E-state index contributed by atoms with van der Waals surface area (Å²) in [6.45, 7) is 7.98. The maximum Gasteiger partial charge on any atom is 0.171 e. The number of nitrogens with zero attached hydrogens (tertiary/aromatic N) is 2. The van der Waals surface area contributed by atoms with Gasteiger partial charge in [-0.2, -0.15) is 0 Å². The first-order chi connectivity index (χ1) is 17.9. The second-order valence-corrected chi connectivity index (χ2v) is 9.46. The molecule has 3 aromatic rings. The van der Waals surface area contributed by atoms with Crippen molar-refractivity contribution >= 4 is 17.3 Å². The molecular weight excluding hydrogens is 469 g/mol. The van der Waals surface area contributed by atoms with Crippen LogP contribution in [-0.4, -0.2) is 36.6 Å². The Labute approximate surface area is 218 Å². The van der Waals surface area contributed by atoms with E-state index >= 15 is 4.39 Å². The van der Waals surface area contributed by atoms with Gasteiger partial charge in [0.25, 0.3) is 0 Å². The molecule has 1 aromatic heterocycles. The largest absolute Gasteiger partial charge is 0.494 e. The maximum atomic E-state index is 16.0. The molecule has 1 fully saturated rings. The fourth-order valence-corrected chi connectivity index (χ4v) is 4.52. The van der Waals surface area contributed by atoms with Crippen LogP contribution in [0.1, 0.15) is 62.9 Å². The summed E-state index contributed by atoms with van der Waals surface area (Å²) in [5.41, 5.74) is 8.04. The summed E-state index contributed by atoms with van der Waals surface area (Å²) in [7, 11) is 0. The lowest BCUT2D eigenvalue weighted by Crippen LogP contribution is -2.30. The predicted molar refractivity (Wildman–Crippen MR) is 147 cm³/mol. The van der Waals surface area contributed by atoms with Gasteiger partial charge in [-0.15, -0.1) is 0 Å². The van der Waals surface area contributed by atoms with E-state index in [1.165, 1.54) is 6.42 Å². The van der Waals surface area contributed by atoms with E-state index in [1.807, 2.05) is 51.1 Å². The van der Waals surface area contributed by atoms with Gasteiger partial charge in [-0.3, -0.25) is 5.41 Å². The van der Waals surface area contributed by atoms with Crippen LogP contribution in [0.5, 0.6) is 11.5 Å². The summed E-state index contributed by atoms with van der Waals surface area (Å²) in [5, 5.41) is 11.1. The maximum absolute atomic E-state index is 16.0. The number of hydrogen-bond donors (Lipinski definition) is 3. The highest BCUT2D eigenvalue weighted by Gasteiger charge is 2.25. The molecule has 8 heteroatoms. The number of rotatable bonds is 10. The molecule has 4 rings (SSSR count). The van der Waals surface area contributed by atoms with Crippen molar-refractivity contribution in [3.63, 3.8) is 0 Å². The number of hydrogen-bond acceptors (Lipinski definition) is 6. The molecule has 2 heterocycles. The molecule has 1 atom stereocenters. The van der Waals surface area contributed by atoms with Crippen molar-refractivity contribution in [3.05, 3.63) is 77.2 Å². The van der Waals surface area contributed by atoms with Gasteiger partial charge in [0.15, 0.2) is 11.6 Å². The number of piperidine rings is 1. The zero-order valence-electron chi connectivity index (χ0n) is 21.8. The molecule has 0 spiro atoms.